The second kappa shape index (κ2) is 10.1. The average Bonchev–Trinajstić information content (AvgIpc) is 2.84. The standard InChI is InChI=1S/C29H32N2O3/c1-29(2,3)26(30-28(33)34-20-22-15-9-5-10-16-22)24-25(23-17-11-6-12-18-23)31(27(24)32)19-21-13-7-4-8-14-21/h4-18,24-26H,19-20H2,1-3H3,(H,30,33)/t24-,25+,26-/m0/s1. The van der Waals surface area contributed by atoms with Crippen LogP contribution >= 0.6 is 0 Å². The van der Waals surface area contributed by atoms with Gasteiger partial charge < -0.3 is 15.0 Å². The molecule has 1 aliphatic heterocycles. The van der Waals surface area contributed by atoms with E-state index in [9.17, 15) is 9.59 Å². The summed E-state index contributed by atoms with van der Waals surface area (Å²) in [5, 5.41) is 3.04. The van der Waals surface area contributed by atoms with Crippen molar-refractivity contribution in [2.45, 2.75) is 46.0 Å². The van der Waals surface area contributed by atoms with Gasteiger partial charge >= 0.3 is 6.09 Å². The summed E-state index contributed by atoms with van der Waals surface area (Å²) in [6.45, 7) is 6.86. The van der Waals surface area contributed by atoms with Crippen molar-refractivity contribution >= 4 is 12.0 Å². The molecular weight excluding hydrogens is 424 g/mol. The number of likely N-dealkylation sites (tertiary alicyclic amines) is 1. The molecule has 0 spiro atoms. The average molecular weight is 457 g/mol. The maximum atomic E-state index is 13.5. The summed E-state index contributed by atoms with van der Waals surface area (Å²) in [5.74, 6) is -0.337. The van der Waals surface area contributed by atoms with Gasteiger partial charge in [-0.05, 0) is 22.1 Å². The highest BCUT2D eigenvalue weighted by atomic mass is 16.5. The third-order valence-electron chi connectivity index (χ3n) is 6.36. The van der Waals surface area contributed by atoms with E-state index in [1.54, 1.807) is 0 Å². The zero-order chi connectivity index (χ0) is 24.1. The van der Waals surface area contributed by atoms with E-state index in [1.807, 2.05) is 105 Å². The Morgan fingerprint density at radius 3 is 1.97 bits per heavy atom. The number of alkyl carbamates (subject to hydrolysis) is 1. The molecule has 5 heteroatoms. The van der Waals surface area contributed by atoms with E-state index in [2.05, 4.69) is 17.4 Å². The molecule has 176 valence electrons. The lowest BCUT2D eigenvalue weighted by molar-refractivity contribution is -0.163. The van der Waals surface area contributed by atoms with Crippen LogP contribution in [0, 0.1) is 11.3 Å². The van der Waals surface area contributed by atoms with Crippen LogP contribution in [0.25, 0.3) is 0 Å². The van der Waals surface area contributed by atoms with Crippen molar-refractivity contribution in [3.63, 3.8) is 0 Å². The van der Waals surface area contributed by atoms with Crippen LogP contribution in [0.3, 0.4) is 0 Å². The van der Waals surface area contributed by atoms with Gasteiger partial charge in [0, 0.05) is 6.54 Å². The number of hydrogen-bond donors (Lipinski definition) is 1. The van der Waals surface area contributed by atoms with Crippen LogP contribution in [-0.2, 0) is 22.7 Å². The van der Waals surface area contributed by atoms with Gasteiger partial charge in [-0.1, -0.05) is 112 Å². The first-order valence-electron chi connectivity index (χ1n) is 11.7. The maximum Gasteiger partial charge on any atom is 0.407 e. The quantitative estimate of drug-likeness (QED) is 0.462. The Labute approximate surface area is 201 Å². The minimum Gasteiger partial charge on any atom is -0.445 e. The third-order valence-corrected chi connectivity index (χ3v) is 6.36. The molecule has 2 amide bonds. The van der Waals surface area contributed by atoms with Crippen LogP contribution in [0.4, 0.5) is 4.79 Å². The first-order chi connectivity index (χ1) is 16.3. The zero-order valence-corrected chi connectivity index (χ0v) is 20.0. The van der Waals surface area contributed by atoms with E-state index in [0.717, 1.165) is 16.7 Å². The van der Waals surface area contributed by atoms with Crippen molar-refractivity contribution in [1.29, 1.82) is 0 Å². The van der Waals surface area contributed by atoms with Crippen LogP contribution in [0.2, 0.25) is 0 Å². The summed E-state index contributed by atoms with van der Waals surface area (Å²) in [6.07, 6.45) is -0.509. The van der Waals surface area contributed by atoms with Gasteiger partial charge in [0.15, 0.2) is 0 Å². The first-order valence-corrected chi connectivity index (χ1v) is 11.7. The molecule has 0 aliphatic carbocycles. The van der Waals surface area contributed by atoms with Gasteiger partial charge in [-0.25, -0.2) is 4.79 Å². The number of nitrogens with one attached hydrogen (secondary N) is 1. The number of nitrogens with zero attached hydrogens (tertiary/aromatic N) is 1. The number of amides is 2. The fourth-order valence-corrected chi connectivity index (χ4v) is 4.63. The molecule has 0 unspecified atom stereocenters. The van der Waals surface area contributed by atoms with E-state index in [1.165, 1.54) is 0 Å². The van der Waals surface area contributed by atoms with Gasteiger partial charge in [-0.3, -0.25) is 4.79 Å². The third kappa shape index (κ3) is 5.30. The van der Waals surface area contributed by atoms with Crippen LogP contribution in [0.1, 0.15) is 43.5 Å². The van der Waals surface area contributed by atoms with Gasteiger partial charge in [-0.2, -0.15) is 0 Å². The molecule has 0 saturated carbocycles. The first kappa shape index (κ1) is 23.6. The van der Waals surface area contributed by atoms with Crippen molar-refractivity contribution in [3.8, 4) is 0 Å². The predicted octanol–water partition coefficient (Wildman–Crippen LogP) is 5.73. The molecule has 0 bridgehead atoms. The molecule has 34 heavy (non-hydrogen) atoms. The Balaban J connectivity index is 1.55. The van der Waals surface area contributed by atoms with E-state index >= 15 is 0 Å². The van der Waals surface area contributed by atoms with Crippen molar-refractivity contribution in [2.24, 2.45) is 11.3 Å². The van der Waals surface area contributed by atoms with Crippen LogP contribution in [0.15, 0.2) is 91.0 Å². The van der Waals surface area contributed by atoms with Gasteiger partial charge in [0.2, 0.25) is 5.91 Å². The van der Waals surface area contributed by atoms with Crippen LogP contribution in [0.5, 0.6) is 0 Å². The summed E-state index contributed by atoms with van der Waals surface area (Å²) in [7, 11) is 0. The fraction of sp³-hybridized carbons (Fsp3) is 0.310. The molecule has 3 atom stereocenters. The minimum absolute atomic E-state index is 0.0426. The molecule has 1 saturated heterocycles. The normalized spacial score (nSPS) is 18.7. The largest absolute Gasteiger partial charge is 0.445 e. The molecule has 3 aromatic rings. The van der Waals surface area contributed by atoms with Gasteiger partial charge in [0.05, 0.1) is 18.0 Å². The molecule has 1 heterocycles. The lowest BCUT2D eigenvalue weighted by Gasteiger charge is -2.53. The Bertz CT molecular complexity index is 1090. The molecular formula is C29H32N2O3. The number of β-lactam (4-membered cyclic amide) rings is 1. The number of rotatable bonds is 7. The highest BCUT2D eigenvalue weighted by Crippen LogP contribution is 2.46. The number of carbonyl (C=O) groups is 2. The SMILES string of the molecule is CC(C)(C)[C@@H](NC(=O)OCc1ccccc1)[C@H]1C(=O)N(Cc2ccccc2)[C@@H]1c1ccccc1. The van der Waals surface area contributed by atoms with E-state index in [4.69, 9.17) is 4.74 Å². The number of carbonyl (C=O) groups excluding carboxylic acids is 2. The number of benzene rings is 3. The summed E-state index contributed by atoms with van der Waals surface area (Å²) in [4.78, 5) is 28.2. The minimum atomic E-state index is -0.509. The second-order valence-corrected chi connectivity index (χ2v) is 9.88. The summed E-state index contributed by atoms with van der Waals surface area (Å²) in [5.41, 5.74) is 2.72. The topological polar surface area (TPSA) is 58.6 Å². The van der Waals surface area contributed by atoms with Crippen LogP contribution < -0.4 is 5.32 Å². The van der Waals surface area contributed by atoms with Crippen LogP contribution in [-0.4, -0.2) is 22.9 Å². The van der Waals surface area contributed by atoms with Gasteiger partial charge in [-0.15, -0.1) is 0 Å². The van der Waals surface area contributed by atoms with Gasteiger partial charge in [0.1, 0.15) is 6.61 Å². The Morgan fingerprint density at radius 1 is 0.882 bits per heavy atom. The summed E-state index contributed by atoms with van der Waals surface area (Å²) in [6, 6.07) is 29.1. The lowest BCUT2D eigenvalue weighted by Crippen LogP contribution is -2.64. The fourth-order valence-electron chi connectivity index (χ4n) is 4.63. The molecule has 1 aliphatic rings. The molecule has 0 radical (unpaired) electrons. The second-order valence-electron chi connectivity index (χ2n) is 9.88. The maximum absolute atomic E-state index is 13.5. The molecule has 1 N–H and O–H groups in total. The molecule has 4 rings (SSSR count). The van der Waals surface area contributed by atoms with Crippen molar-refractivity contribution in [2.75, 3.05) is 0 Å². The molecule has 1 fully saturated rings. The zero-order valence-electron chi connectivity index (χ0n) is 20.0. The summed E-state index contributed by atoms with van der Waals surface area (Å²) >= 11 is 0. The summed E-state index contributed by atoms with van der Waals surface area (Å²) < 4.78 is 5.50. The van der Waals surface area contributed by atoms with E-state index in [0.29, 0.717) is 6.54 Å². The number of hydrogen-bond acceptors (Lipinski definition) is 3. The Hall–Kier alpha value is -3.60. The highest BCUT2D eigenvalue weighted by Gasteiger charge is 2.54. The van der Waals surface area contributed by atoms with Crippen molar-refractivity contribution < 1.29 is 14.3 Å². The van der Waals surface area contributed by atoms with Crippen molar-refractivity contribution in [1.82, 2.24) is 10.2 Å². The lowest BCUT2D eigenvalue weighted by atomic mass is 9.69. The smallest absolute Gasteiger partial charge is 0.407 e. The monoisotopic (exact) mass is 456 g/mol. The highest BCUT2D eigenvalue weighted by molar-refractivity contribution is 5.88. The predicted molar refractivity (Wildman–Crippen MR) is 133 cm³/mol. The Morgan fingerprint density at radius 2 is 1.41 bits per heavy atom. The Kier molecular flexibility index (Phi) is 7.01. The van der Waals surface area contributed by atoms with E-state index in [-0.39, 0.29) is 35.9 Å². The molecule has 5 nitrogen and oxygen atoms in total. The molecule has 3 aromatic carbocycles. The number of ether oxygens (including phenoxy) is 1. The van der Waals surface area contributed by atoms with E-state index < -0.39 is 6.09 Å². The molecule has 0 aromatic heterocycles. The van der Waals surface area contributed by atoms with Gasteiger partial charge in [0.25, 0.3) is 0 Å². The van der Waals surface area contributed by atoms with Crippen molar-refractivity contribution in [3.05, 3.63) is 108 Å².